The smallest absolute Gasteiger partial charge is 0.304 e. The van der Waals surface area contributed by atoms with Crippen LogP contribution in [0.4, 0.5) is 0 Å². The molecule has 0 saturated heterocycles. The SMILES string of the molecule is CCCCCCCCCCCCC(CC(=O)O)C(=O)NCCNC(=O)C(CCCCCCCCCCCC)CC(=O)O. The number of carboxylic acid groups (broad SMARTS) is 2. The summed E-state index contributed by atoms with van der Waals surface area (Å²) in [4.78, 5) is 47.9. The molecule has 42 heavy (non-hydrogen) atoms. The Morgan fingerprint density at radius 1 is 0.452 bits per heavy atom. The average Bonchev–Trinajstić information content (AvgIpc) is 2.95. The molecule has 0 radical (unpaired) electrons. The largest absolute Gasteiger partial charge is 0.481 e. The van der Waals surface area contributed by atoms with Crippen LogP contribution >= 0.6 is 0 Å². The monoisotopic (exact) mass is 596 g/mol. The van der Waals surface area contributed by atoms with Gasteiger partial charge in [0.1, 0.15) is 0 Å². The number of hydrogen-bond donors (Lipinski definition) is 4. The zero-order chi connectivity index (χ0) is 31.3. The molecule has 0 aromatic carbocycles. The second kappa shape index (κ2) is 29.0. The number of aliphatic carboxylic acids is 2. The molecule has 8 heteroatoms. The molecule has 0 aromatic heterocycles. The third-order valence-corrected chi connectivity index (χ3v) is 8.12. The van der Waals surface area contributed by atoms with E-state index in [0.717, 1.165) is 38.5 Å². The van der Waals surface area contributed by atoms with Crippen LogP contribution in [-0.4, -0.2) is 47.1 Å². The third kappa shape index (κ3) is 25.6. The molecule has 0 aliphatic carbocycles. The molecule has 246 valence electrons. The number of unbranched alkanes of at least 4 members (excludes halogenated alkanes) is 18. The van der Waals surface area contributed by atoms with Gasteiger partial charge in [0.15, 0.2) is 0 Å². The summed E-state index contributed by atoms with van der Waals surface area (Å²) >= 11 is 0. The number of carbonyl (C=O) groups excluding carboxylic acids is 2. The Balaban J connectivity index is 4.23. The van der Waals surface area contributed by atoms with Crippen LogP contribution in [0.15, 0.2) is 0 Å². The number of carbonyl (C=O) groups is 4. The van der Waals surface area contributed by atoms with Crippen LogP contribution in [0.3, 0.4) is 0 Å². The van der Waals surface area contributed by atoms with Crippen molar-refractivity contribution in [3.8, 4) is 0 Å². The van der Waals surface area contributed by atoms with Gasteiger partial charge in [-0.2, -0.15) is 0 Å². The van der Waals surface area contributed by atoms with Crippen LogP contribution in [-0.2, 0) is 19.2 Å². The van der Waals surface area contributed by atoms with Crippen LogP contribution in [0.1, 0.15) is 168 Å². The van der Waals surface area contributed by atoms with Crippen LogP contribution in [0, 0.1) is 11.8 Å². The summed E-state index contributed by atoms with van der Waals surface area (Å²) in [6.45, 7) is 4.82. The zero-order valence-corrected chi connectivity index (χ0v) is 27.1. The van der Waals surface area contributed by atoms with Crippen molar-refractivity contribution in [2.24, 2.45) is 11.8 Å². The minimum atomic E-state index is -0.987. The molecule has 0 saturated carbocycles. The summed E-state index contributed by atoms with van der Waals surface area (Å²) < 4.78 is 0. The van der Waals surface area contributed by atoms with Crippen molar-refractivity contribution < 1.29 is 29.4 Å². The fourth-order valence-corrected chi connectivity index (χ4v) is 5.49. The van der Waals surface area contributed by atoms with E-state index >= 15 is 0 Å². The second-order valence-corrected chi connectivity index (χ2v) is 12.1. The van der Waals surface area contributed by atoms with Gasteiger partial charge in [-0.05, 0) is 12.8 Å². The maximum Gasteiger partial charge on any atom is 0.304 e. The van der Waals surface area contributed by atoms with Gasteiger partial charge >= 0.3 is 11.9 Å². The number of hydrogen-bond acceptors (Lipinski definition) is 4. The highest BCUT2D eigenvalue weighted by molar-refractivity contribution is 5.84. The normalized spacial score (nSPS) is 12.5. The lowest BCUT2D eigenvalue weighted by Gasteiger charge is -2.17. The van der Waals surface area contributed by atoms with Gasteiger partial charge in [-0.3, -0.25) is 19.2 Å². The maximum absolute atomic E-state index is 12.6. The zero-order valence-electron chi connectivity index (χ0n) is 27.1. The molecule has 0 aliphatic heterocycles. The van der Waals surface area contributed by atoms with Gasteiger partial charge in [0.25, 0.3) is 0 Å². The van der Waals surface area contributed by atoms with Gasteiger partial charge in [-0.25, -0.2) is 0 Å². The van der Waals surface area contributed by atoms with Gasteiger partial charge in [0.05, 0.1) is 12.8 Å². The van der Waals surface area contributed by atoms with E-state index in [1.807, 2.05) is 0 Å². The first-order valence-corrected chi connectivity index (χ1v) is 17.3. The molecular weight excluding hydrogens is 532 g/mol. The number of rotatable bonds is 31. The van der Waals surface area contributed by atoms with Crippen molar-refractivity contribution in [1.82, 2.24) is 10.6 Å². The molecule has 0 fully saturated rings. The molecule has 0 aromatic rings. The lowest BCUT2D eigenvalue weighted by atomic mass is 9.96. The van der Waals surface area contributed by atoms with Gasteiger partial charge in [0.2, 0.25) is 11.8 Å². The van der Waals surface area contributed by atoms with Crippen molar-refractivity contribution in [3.63, 3.8) is 0 Å². The highest BCUT2D eigenvalue weighted by Crippen LogP contribution is 2.18. The van der Waals surface area contributed by atoms with E-state index in [0.29, 0.717) is 12.8 Å². The number of amides is 2. The summed E-state index contributed by atoms with van der Waals surface area (Å²) in [6.07, 6.45) is 24.3. The van der Waals surface area contributed by atoms with Gasteiger partial charge in [0, 0.05) is 24.9 Å². The molecule has 0 aliphatic rings. The molecule has 0 heterocycles. The molecule has 0 rings (SSSR count). The van der Waals surface area contributed by atoms with Crippen molar-refractivity contribution in [2.75, 3.05) is 13.1 Å². The summed E-state index contributed by atoms with van der Waals surface area (Å²) in [5.41, 5.74) is 0. The minimum absolute atomic E-state index is 0.191. The van der Waals surface area contributed by atoms with Gasteiger partial charge in [-0.15, -0.1) is 0 Å². The van der Waals surface area contributed by atoms with E-state index in [9.17, 15) is 29.4 Å². The Morgan fingerprint density at radius 3 is 0.976 bits per heavy atom. The van der Waals surface area contributed by atoms with Crippen molar-refractivity contribution in [2.45, 2.75) is 168 Å². The highest BCUT2D eigenvalue weighted by Gasteiger charge is 2.23. The summed E-state index contributed by atoms with van der Waals surface area (Å²) in [6, 6.07) is 0. The topological polar surface area (TPSA) is 133 Å². The Bertz CT molecular complexity index is 642. The Labute approximate surface area is 256 Å². The van der Waals surface area contributed by atoms with Crippen molar-refractivity contribution in [1.29, 1.82) is 0 Å². The molecule has 8 nitrogen and oxygen atoms in total. The summed E-state index contributed by atoms with van der Waals surface area (Å²) in [5, 5.41) is 24.0. The van der Waals surface area contributed by atoms with Crippen molar-refractivity contribution >= 4 is 23.8 Å². The number of carboxylic acids is 2. The summed E-state index contributed by atoms with van der Waals surface area (Å²) in [7, 11) is 0. The quantitative estimate of drug-likeness (QED) is 0.0599. The van der Waals surface area contributed by atoms with E-state index in [4.69, 9.17) is 0 Å². The van der Waals surface area contributed by atoms with Crippen LogP contribution in [0.5, 0.6) is 0 Å². The molecule has 2 unspecified atom stereocenters. The Hall–Kier alpha value is -2.12. The fourth-order valence-electron chi connectivity index (χ4n) is 5.49. The standard InChI is InChI=1S/C34H64N2O6/c1-3-5-7-9-11-13-15-17-19-21-23-29(27-31(37)38)33(41)35-25-26-36-34(42)30(28-32(39)40)24-22-20-18-16-14-12-10-8-6-4-2/h29-30H,3-28H2,1-2H3,(H,35,41)(H,36,42)(H,37,38)(H,39,40). The highest BCUT2D eigenvalue weighted by atomic mass is 16.4. The Kier molecular flexibility index (Phi) is 27.5. The molecule has 2 atom stereocenters. The Morgan fingerprint density at radius 2 is 0.714 bits per heavy atom. The van der Waals surface area contributed by atoms with E-state index in [-0.39, 0.29) is 37.7 Å². The molecular formula is C34H64N2O6. The van der Waals surface area contributed by atoms with Crippen molar-refractivity contribution in [3.05, 3.63) is 0 Å². The first-order chi connectivity index (χ1) is 20.3. The van der Waals surface area contributed by atoms with E-state index in [2.05, 4.69) is 24.5 Å². The predicted octanol–water partition coefficient (Wildman–Crippen LogP) is 8.02. The minimum Gasteiger partial charge on any atom is -0.481 e. The average molecular weight is 597 g/mol. The first-order valence-electron chi connectivity index (χ1n) is 17.3. The first kappa shape index (κ1) is 39.9. The van der Waals surface area contributed by atoms with E-state index < -0.39 is 23.8 Å². The lowest BCUT2D eigenvalue weighted by molar-refractivity contribution is -0.141. The maximum atomic E-state index is 12.6. The lowest BCUT2D eigenvalue weighted by Crippen LogP contribution is -2.40. The van der Waals surface area contributed by atoms with E-state index in [1.165, 1.54) is 89.9 Å². The van der Waals surface area contributed by atoms with Crippen LogP contribution in [0.2, 0.25) is 0 Å². The second-order valence-electron chi connectivity index (χ2n) is 12.1. The third-order valence-electron chi connectivity index (χ3n) is 8.12. The predicted molar refractivity (Wildman–Crippen MR) is 170 cm³/mol. The molecule has 0 bridgehead atoms. The fraction of sp³-hybridized carbons (Fsp3) is 0.882. The molecule has 2 amide bonds. The summed E-state index contributed by atoms with van der Waals surface area (Å²) in [5.74, 6) is -3.73. The van der Waals surface area contributed by atoms with Gasteiger partial charge in [-0.1, -0.05) is 142 Å². The molecule has 4 N–H and O–H groups in total. The van der Waals surface area contributed by atoms with E-state index in [1.54, 1.807) is 0 Å². The van der Waals surface area contributed by atoms with Crippen LogP contribution in [0.25, 0.3) is 0 Å². The van der Waals surface area contributed by atoms with Crippen LogP contribution < -0.4 is 10.6 Å². The van der Waals surface area contributed by atoms with Gasteiger partial charge < -0.3 is 20.8 Å². The number of nitrogens with one attached hydrogen (secondary N) is 2. The molecule has 0 spiro atoms.